The minimum atomic E-state index is -3.69. The summed E-state index contributed by atoms with van der Waals surface area (Å²) in [5.74, 6) is 0.371. The SMILES string of the molecule is COc1ccc(S(=O)(=O)N2CCCc3cc(NC(=O)/C=C/c4ccsc4)ccc32)cc1. The molecule has 0 atom stereocenters. The van der Waals surface area contributed by atoms with Crippen molar-refractivity contribution >= 4 is 44.7 Å². The predicted molar refractivity (Wildman–Crippen MR) is 124 cm³/mol. The molecule has 1 aliphatic rings. The molecular formula is C23H22N2O4S2. The summed E-state index contributed by atoms with van der Waals surface area (Å²) in [6, 6.07) is 13.7. The smallest absolute Gasteiger partial charge is 0.264 e. The standard InChI is InChI=1S/C23H22N2O4S2/c1-29-20-6-8-21(9-7-20)31(27,28)25-13-2-3-18-15-19(5-10-22(18)25)24-23(26)11-4-17-12-14-30-16-17/h4-12,14-16H,2-3,13H2,1H3,(H,24,26)/b11-4+. The van der Waals surface area contributed by atoms with Crippen LogP contribution in [-0.2, 0) is 21.2 Å². The number of nitrogens with zero attached hydrogens (tertiary/aromatic N) is 1. The van der Waals surface area contributed by atoms with Crippen LogP contribution in [0.3, 0.4) is 0 Å². The number of hydrogen-bond donors (Lipinski definition) is 1. The van der Waals surface area contributed by atoms with Gasteiger partial charge in [0.25, 0.3) is 10.0 Å². The second kappa shape index (κ2) is 8.95. The molecule has 0 radical (unpaired) electrons. The van der Waals surface area contributed by atoms with Crippen LogP contribution in [0.1, 0.15) is 17.5 Å². The normalized spacial score (nSPS) is 13.8. The van der Waals surface area contributed by atoms with Crippen LogP contribution in [-0.4, -0.2) is 28.0 Å². The summed E-state index contributed by atoms with van der Waals surface area (Å²) in [7, 11) is -2.15. The third-order valence-electron chi connectivity index (χ3n) is 5.04. The molecule has 3 aromatic rings. The van der Waals surface area contributed by atoms with Crippen molar-refractivity contribution in [3.63, 3.8) is 0 Å². The lowest BCUT2D eigenvalue weighted by Gasteiger charge is -2.31. The van der Waals surface area contributed by atoms with Gasteiger partial charge in [0.1, 0.15) is 5.75 Å². The Morgan fingerprint density at radius 2 is 1.97 bits per heavy atom. The van der Waals surface area contributed by atoms with Crippen LogP contribution in [0.2, 0.25) is 0 Å². The van der Waals surface area contributed by atoms with Gasteiger partial charge in [-0.1, -0.05) is 0 Å². The average Bonchev–Trinajstić information content (AvgIpc) is 3.31. The fraction of sp³-hybridized carbons (Fsp3) is 0.174. The van der Waals surface area contributed by atoms with Gasteiger partial charge in [0, 0.05) is 18.3 Å². The Morgan fingerprint density at radius 1 is 1.16 bits per heavy atom. The summed E-state index contributed by atoms with van der Waals surface area (Å²) in [4.78, 5) is 12.4. The molecule has 8 heteroatoms. The highest BCUT2D eigenvalue weighted by Gasteiger charge is 2.29. The highest BCUT2D eigenvalue weighted by Crippen LogP contribution is 2.34. The molecule has 1 aliphatic heterocycles. The zero-order valence-corrected chi connectivity index (χ0v) is 18.6. The van der Waals surface area contributed by atoms with Crippen molar-refractivity contribution in [2.45, 2.75) is 17.7 Å². The molecule has 160 valence electrons. The first-order valence-corrected chi connectivity index (χ1v) is 12.2. The summed E-state index contributed by atoms with van der Waals surface area (Å²) < 4.78 is 33.0. The maximum absolute atomic E-state index is 13.2. The van der Waals surface area contributed by atoms with Gasteiger partial charge in [-0.05, 0) is 89.3 Å². The van der Waals surface area contributed by atoms with E-state index in [1.54, 1.807) is 60.9 Å². The van der Waals surface area contributed by atoms with Crippen molar-refractivity contribution in [1.29, 1.82) is 0 Å². The first kappa shape index (κ1) is 21.1. The van der Waals surface area contributed by atoms with Gasteiger partial charge in [-0.25, -0.2) is 8.42 Å². The number of nitrogens with one attached hydrogen (secondary N) is 1. The molecular weight excluding hydrogens is 432 g/mol. The van der Waals surface area contributed by atoms with Crippen LogP contribution in [0, 0.1) is 0 Å². The van der Waals surface area contributed by atoms with Gasteiger partial charge < -0.3 is 10.1 Å². The molecule has 4 rings (SSSR count). The van der Waals surface area contributed by atoms with E-state index < -0.39 is 10.0 Å². The molecule has 2 aromatic carbocycles. The second-order valence-electron chi connectivity index (χ2n) is 7.08. The highest BCUT2D eigenvalue weighted by molar-refractivity contribution is 7.92. The predicted octanol–water partition coefficient (Wildman–Crippen LogP) is 4.55. The van der Waals surface area contributed by atoms with Crippen LogP contribution in [0.4, 0.5) is 11.4 Å². The quantitative estimate of drug-likeness (QED) is 0.555. The van der Waals surface area contributed by atoms with Crippen molar-refractivity contribution in [1.82, 2.24) is 0 Å². The van der Waals surface area contributed by atoms with Gasteiger partial charge >= 0.3 is 0 Å². The topological polar surface area (TPSA) is 75.7 Å². The zero-order valence-electron chi connectivity index (χ0n) is 16.9. The number of benzene rings is 2. The number of fused-ring (bicyclic) bond motifs is 1. The third-order valence-corrected chi connectivity index (χ3v) is 7.57. The average molecular weight is 455 g/mol. The maximum Gasteiger partial charge on any atom is 0.264 e. The number of ether oxygens (including phenoxy) is 1. The molecule has 1 amide bonds. The van der Waals surface area contributed by atoms with E-state index in [-0.39, 0.29) is 10.8 Å². The third kappa shape index (κ3) is 4.65. The van der Waals surface area contributed by atoms with Crippen LogP contribution in [0.25, 0.3) is 6.08 Å². The molecule has 0 aliphatic carbocycles. The van der Waals surface area contributed by atoms with E-state index >= 15 is 0 Å². The molecule has 0 fully saturated rings. The Hall–Kier alpha value is -3.10. The molecule has 1 aromatic heterocycles. The summed E-state index contributed by atoms with van der Waals surface area (Å²) >= 11 is 1.57. The highest BCUT2D eigenvalue weighted by atomic mass is 32.2. The number of amides is 1. The van der Waals surface area contributed by atoms with Crippen molar-refractivity contribution in [2.75, 3.05) is 23.3 Å². The molecule has 31 heavy (non-hydrogen) atoms. The first-order chi connectivity index (χ1) is 15.0. The fourth-order valence-electron chi connectivity index (χ4n) is 3.49. The Balaban J connectivity index is 1.54. The number of methoxy groups -OCH3 is 1. The molecule has 2 heterocycles. The monoisotopic (exact) mass is 454 g/mol. The van der Waals surface area contributed by atoms with E-state index in [0.29, 0.717) is 30.1 Å². The van der Waals surface area contributed by atoms with Crippen LogP contribution in [0.15, 0.2) is 70.3 Å². The molecule has 1 N–H and O–H groups in total. The summed E-state index contributed by atoms with van der Waals surface area (Å²) in [6.07, 6.45) is 4.70. The molecule has 6 nitrogen and oxygen atoms in total. The van der Waals surface area contributed by atoms with E-state index in [9.17, 15) is 13.2 Å². The van der Waals surface area contributed by atoms with Crippen molar-refractivity contribution < 1.29 is 17.9 Å². The van der Waals surface area contributed by atoms with Crippen LogP contribution in [0.5, 0.6) is 5.75 Å². The molecule has 0 unspecified atom stereocenters. The van der Waals surface area contributed by atoms with Crippen molar-refractivity contribution in [3.05, 3.63) is 76.5 Å². The number of anilines is 2. The van der Waals surface area contributed by atoms with E-state index in [0.717, 1.165) is 17.5 Å². The lowest BCUT2D eigenvalue weighted by atomic mass is 10.0. The number of rotatable bonds is 6. The molecule has 0 saturated carbocycles. The molecule has 0 spiro atoms. The van der Waals surface area contributed by atoms with Gasteiger partial charge in [-0.3, -0.25) is 9.10 Å². The molecule has 0 saturated heterocycles. The Morgan fingerprint density at radius 3 is 2.68 bits per heavy atom. The van der Waals surface area contributed by atoms with E-state index in [1.165, 1.54) is 10.4 Å². The lowest BCUT2D eigenvalue weighted by Crippen LogP contribution is -2.35. The molecule has 0 bridgehead atoms. The Labute approximate surface area is 185 Å². The summed E-state index contributed by atoms with van der Waals surface area (Å²) in [6.45, 7) is 0.413. The zero-order chi connectivity index (χ0) is 21.8. The Kier molecular flexibility index (Phi) is 6.11. The van der Waals surface area contributed by atoms with E-state index in [2.05, 4.69) is 5.32 Å². The Bertz CT molecular complexity index is 1200. The van der Waals surface area contributed by atoms with Gasteiger partial charge in [0.05, 0.1) is 17.7 Å². The van der Waals surface area contributed by atoms with Gasteiger partial charge in [-0.15, -0.1) is 0 Å². The van der Waals surface area contributed by atoms with Gasteiger partial charge in [0.2, 0.25) is 5.91 Å². The fourth-order valence-corrected chi connectivity index (χ4v) is 5.66. The number of hydrogen-bond acceptors (Lipinski definition) is 5. The minimum absolute atomic E-state index is 0.220. The maximum atomic E-state index is 13.2. The van der Waals surface area contributed by atoms with Crippen LogP contribution >= 0.6 is 11.3 Å². The van der Waals surface area contributed by atoms with E-state index in [4.69, 9.17) is 4.74 Å². The lowest BCUT2D eigenvalue weighted by molar-refractivity contribution is -0.111. The van der Waals surface area contributed by atoms with Gasteiger partial charge in [-0.2, -0.15) is 11.3 Å². The number of thiophene rings is 1. The summed E-state index contributed by atoms with van der Waals surface area (Å²) in [5.41, 5.74) is 3.16. The van der Waals surface area contributed by atoms with Crippen LogP contribution < -0.4 is 14.4 Å². The number of aryl methyl sites for hydroxylation is 1. The van der Waals surface area contributed by atoms with Crippen molar-refractivity contribution in [2.24, 2.45) is 0 Å². The number of carbonyl (C=O) groups is 1. The second-order valence-corrected chi connectivity index (χ2v) is 9.72. The number of sulfonamides is 1. The minimum Gasteiger partial charge on any atom is -0.497 e. The van der Waals surface area contributed by atoms with Crippen molar-refractivity contribution in [3.8, 4) is 5.75 Å². The first-order valence-electron chi connectivity index (χ1n) is 9.78. The van der Waals surface area contributed by atoms with E-state index in [1.807, 2.05) is 22.9 Å². The number of carbonyl (C=O) groups excluding carboxylic acids is 1. The van der Waals surface area contributed by atoms with Gasteiger partial charge in [0.15, 0.2) is 0 Å². The summed E-state index contributed by atoms with van der Waals surface area (Å²) in [5, 5.41) is 6.76. The largest absolute Gasteiger partial charge is 0.497 e.